The predicted octanol–water partition coefficient (Wildman–Crippen LogP) is -1.01. The van der Waals surface area contributed by atoms with Crippen LogP contribution in [0.3, 0.4) is 0 Å². The van der Waals surface area contributed by atoms with E-state index in [0.29, 0.717) is 25.0 Å². The summed E-state index contributed by atoms with van der Waals surface area (Å²) in [5.41, 5.74) is 0. The van der Waals surface area contributed by atoms with Gasteiger partial charge in [-0.3, -0.25) is 62.9 Å². The van der Waals surface area contributed by atoms with Gasteiger partial charge in [-0.2, -0.15) is 11.8 Å². The average Bonchev–Trinajstić information content (AvgIpc) is 3.48. The number of nitrogens with zero attached hydrogens (tertiary/aromatic N) is 5. The molecule has 2 aliphatic heterocycles. The van der Waals surface area contributed by atoms with Gasteiger partial charge in [-0.05, 0) is 43.6 Å². The summed E-state index contributed by atoms with van der Waals surface area (Å²) in [6.45, 7) is 4.24. The van der Waals surface area contributed by atoms with Gasteiger partial charge >= 0.3 is 23.9 Å². The minimum absolute atomic E-state index is 0. The van der Waals surface area contributed by atoms with Gasteiger partial charge in [0.2, 0.25) is 11.8 Å². The summed E-state index contributed by atoms with van der Waals surface area (Å²) in [7, 11) is 0. The fraction of sp³-hybridized carbons (Fsp3) is 0.711. The van der Waals surface area contributed by atoms with Gasteiger partial charge in [0.1, 0.15) is 6.04 Å². The van der Waals surface area contributed by atoms with E-state index < -0.39 is 71.3 Å². The Morgan fingerprint density at radius 2 is 1.13 bits per heavy atom. The first-order valence-electron chi connectivity index (χ1n) is 19.9. The van der Waals surface area contributed by atoms with Crippen molar-refractivity contribution in [2.45, 2.75) is 64.5 Å². The van der Waals surface area contributed by atoms with E-state index in [2.05, 4.69) is 10.6 Å². The van der Waals surface area contributed by atoms with Crippen LogP contribution in [0.1, 0.15) is 52.4 Å². The molecule has 0 aromatic heterocycles. The summed E-state index contributed by atoms with van der Waals surface area (Å²) in [6.07, 6.45) is 5.30. The van der Waals surface area contributed by atoms with E-state index in [4.69, 9.17) is 0 Å². The van der Waals surface area contributed by atoms with Crippen LogP contribution >= 0.6 is 11.8 Å². The summed E-state index contributed by atoms with van der Waals surface area (Å²) < 4.78 is 0. The zero-order chi connectivity index (χ0) is 44.1. The molecule has 2 heterocycles. The first-order valence-corrected chi connectivity index (χ1v) is 21.3. The van der Waals surface area contributed by atoms with Crippen molar-refractivity contribution in [3.8, 4) is 0 Å². The molecule has 60 heavy (non-hydrogen) atoms. The van der Waals surface area contributed by atoms with Gasteiger partial charge in [-0.25, -0.2) is 4.79 Å². The predicted molar refractivity (Wildman–Crippen MR) is 215 cm³/mol. The molecule has 0 saturated carbocycles. The van der Waals surface area contributed by atoms with E-state index in [9.17, 15) is 63.6 Å². The van der Waals surface area contributed by atoms with Gasteiger partial charge in [0.15, 0.2) is 5.78 Å². The zero-order valence-electron chi connectivity index (χ0n) is 34.6. The van der Waals surface area contributed by atoms with Crippen molar-refractivity contribution in [3.63, 3.8) is 0 Å². The van der Waals surface area contributed by atoms with Crippen LogP contribution in [-0.4, -0.2) is 207 Å². The minimum atomic E-state index is -1.28. The molecule has 1 saturated heterocycles. The maximum Gasteiger partial charge on any atom is 0.326 e. The molecule has 2 rings (SSSR count). The Kier molecular flexibility index (Phi) is 26.8. The monoisotopic (exact) mass is 1010 g/mol. The quantitative estimate of drug-likeness (QED) is 0.0472. The third-order valence-corrected chi connectivity index (χ3v) is 11.1. The Morgan fingerprint density at radius 1 is 0.683 bits per heavy atom. The van der Waals surface area contributed by atoms with Gasteiger partial charge in [0.05, 0.1) is 32.2 Å². The Bertz CT molecular complexity index is 1470. The number of aliphatic carboxylic acids is 4. The molecule has 0 spiro atoms. The smallest absolute Gasteiger partial charge is 0.326 e. The van der Waals surface area contributed by atoms with E-state index in [1.807, 2.05) is 13.2 Å². The molecule has 20 nitrogen and oxygen atoms in total. The topological polar surface area (TPSA) is 275 Å². The minimum Gasteiger partial charge on any atom is -0.480 e. The summed E-state index contributed by atoms with van der Waals surface area (Å²) in [5.74, 6) is -7.67. The Morgan fingerprint density at radius 3 is 1.53 bits per heavy atom. The van der Waals surface area contributed by atoms with E-state index in [1.54, 1.807) is 26.5 Å². The van der Waals surface area contributed by atoms with E-state index in [-0.39, 0.29) is 150 Å². The van der Waals surface area contributed by atoms with Gasteiger partial charge in [0, 0.05) is 123 Å². The van der Waals surface area contributed by atoms with Crippen molar-refractivity contribution in [2.24, 2.45) is 11.8 Å². The maximum absolute atomic E-state index is 13.9. The number of nitrogens with one attached hydrogen (secondary N) is 2. The van der Waals surface area contributed by atoms with Crippen molar-refractivity contribution >= 4 is 65.1 Å². The number of imide groups is 1. The molecule has 4 atom stereocenters. The van der Waals surface area contributed by atoms with Crippen LogP contribution in [0.25, 0.3) is 0 Å². The SMILES string of the molecule is CC[C@H](C)[C@H](CC(=O)[C@H](CCSC)NC(=O)CN1CCN(CC(=O)O)CCN(CC(=O)O)CCN(CC(=O)O)CC1)C(=O)N[C@@H](CCCCN1C(=O)C=CC1=O)C(=O)O.[Gd]. The maximum atomic E-state index is 13.9. The van der Waals surface area contributed by atoms with Crippen LogP contribution in [0.2, 0.25) is 0 Å². The summed E-state index contributed by atoms with van der Waals surface area (Å²) in [6, 6.07) is -2.25. The number of unbranched alkanes of at least 4 members (excludes halogenated alkanes) is 1. The molecule has 0 bridgehead atoms. The fourth-order valence-corrected chi connectivity index (χ4v) is 7.25. The first kappa shape index (κ1) is 54.9. The number of carbonyl (C=O) groups excluding carboxylic acids is 5. The number of carboxylic acids is 4. The van der Waals surface area contributed by atoms with Crippen LogP contribution in [0.4, 0.5) is 0 Å². The van der Waals surface area contributed by atoms with Gasteiger partial charge in [-0.1, -0.05) is 20.3 Å². The van der Waals surface area contributed by atoms with E-state index >= 15 is 0 Å². The number of amides is 4. The number of hydrogen-bond acceptors (Lipinski definition) is 14. The molecule has 0 aliphatic carbocycles. The third kappa shape index (κ3) is 21.1. The molecule has 6 N–H and O–H groups in total. The van der Waals surface area contributed by atoms with Gasteiger partial charge in [-0.15, -0.1) is 0 Å². The fourth-order valence-electron chi connectivity index (χ4n) is 6.78. The molecule has 1 fully saturated rings. The van der Waals surface area contributed by atoms with Crippen molar-refractivity contribution in [3.05, 3.63) is 12.2 Å². The van der Waals surface area contributed by atoms with Crippen LogP contribution in [-0.2, 0) is 43.2 Å². The number of ketones is 1. The molecular weight excluding hydrogens is 952 g/mol. The van der Waals surface area contributed by atoms with E-state index in [1.165, 1.54) is 11.8 Å². The van der Waals surface area contributed by atoms with Crippen molar-refractivity contribution in [1.29, 1.82) is 0 Å². The largest absolute Gasteiger partial charge is 0.480 e. The van der Waals surface area contributed by atoms with Crippen molar-refractivity contribution in [1.82, 2.24) is 35.1 Å². The number of rotatable bonds is 25. The Balaban J connectivity index is 0.0000180. The summed E-state index contributed by atoms with van der Waals surface area (Å²) in [5, 5.41) is 43.7. The number of carbonyl (C=O) groups is 9. The average molecular weight is 1010 g/mol. The van der Waals surface area contributed by atoms with Gasteiger partial charge in [0.25, 0.3) is 11.8 Å². The second-order valence-electron chi connectivity index (χ2n) is 14.9. The molecule has 0 unspecified atom stereocenters. The second kappa shape index (κ2) is 29.2. The number of carboxylic acid groups (broad SMARTS) is 4. The van der Waals surface area contributed by atoms with Crippen molar-refractivity contribution in [2.75, 3.05) is 97.1 Å². The molecular formula is C38H61GdN7O13S. The molecule has 0 radical (unpaired) electrons. The van der Waals surface area contributed by atoms with Crippen LogP contribution in [0, 0.1) is 51.8 Å². The van der Waals surface area contributed by atoms with Gasteiger partial charge < -0.3 is 31.1 Å². The van der Waals surface area contributed by atoms with Crippen LogP contribution in [0.5, 0.6) is 0 Å². The van der Waals surface area contributed by atoms with Crippen LogP contribution in [0.15, 0.2) is 12.2 Å². The molecule has 340 valence electrons. The molecule has 2 aliphatic rings. The molecule has 0 aromatic rings. The number of hydrogen-bond donors (Lipinski definition) is 6. The Hall–Kier alpha value is -3.12. The third-order valence-electron chi connectivity index (χ3n) is 10.4. The first-order chi connectivity index (χ1) is 27.9. The number of thioether (sulfide) groups is 1. The summed E-state index contributed by atoms with van der Waals surface area (Å²) >= 11 is 1.46. The summed E-state index contributed by atoms with van der Waals surface area (Å²) in [4.78, 5) is 119. The Labute approximate surface area is 386 Å². The standard InChI is InChI=1S/C38H61N7O13S.Gd/c1-4-26(2)27(37(56)40-29(38(57)58)7-5-6-11-45-32(48)8-9-33(45)49)21-30(46)28(10-20-59-3)39-31(47)22-41-12-14-42(23-34(50)51)16-18-44(25-36(54)55)19-17-43(15-13-41)24-35(52)53;/h8-9,26-29H,4-7,10-25H2,1-3H3,(H,39,47)(H,40,56)(H,50,51)(H,52,53)(H,54,55)(H,57,58);/t26-,27-,28-,29-;/m0./s1. The second-order valence-corrected chi connectivity index (χ2v) is 15.9. The van der Waals surface area contributed by atoms with E-state index in [0.717, 1.165) is 17.1 Å². The zero-order valence-corrected chi connectivity index (χ0v) is 37.7. The molecule has 4 amide bonds. The normalized spacial score (nSPS) is 18.3. The molecule has 0 aromatic carbocycles. The number of Topliss-reactive ketones (excluding diaryl/α,β-unsaturated/α-hetero) is 1. The van der Waals surface area contributed by atoms with Crippen LogP contribution < -0.4 is 10.6 Å². The molecule has 22 heteroatoms. The van der Waals surface area contributed by atoms with Crippen molar-refractivity contribution < 1.29 is 104 Å².